The van der Waals surface area contributed by atoms with E-state index in [1.54, 1.807) is 30.3 Å². The van der Waals surface area contributed by atoms with E-state index < -0.39 is 5.97 Å². The number of carbonyl (C=O) groups is 2. The van der Waals surface area contributed by atoms with Gasteiger partial charge in [0.15, 0.2) is 0 Å². The van der Waals surface area contributed by atoms with Gasteiger partial charge in [0, 0.05) is 12.2 Å². The molecule has 0 unspecified atom stereocenters. The number of aromatic amines is 1. The monoisotopic (exact) mass is 273 g/mol. The standard InChI is InChI=1S/C14H15N3O3/c1-9-8-12(17-16-9)13(18)15-7-6-10-4-2-3-5-11(10)14(19)20/h2-5,8H,6-7H2,1H3,(H,15,18)(H,16,17)(H,19,20). The molecule has 0 atom stereocenters. The number of aromatic carboxylic acids is 1. The molecule has 1 heterocycles. The topological polar surface area (TPSA) is 95.1 Å². The van der Waals surface area contributed by atoms with E-state index in [0.29, 0.717) is 24.2 Å². The molecule has 2 aromatic rings. The number of carbonyl (C=O) groups excluding carboxylic acids is 1. The molecule has 0 aliphatic rings. The maximum absolute atomic E-state index is 11.8. The zero-order chi connectivity index (χ0) is 14.5. The summed E-state index contributed by atoms with van der Waals surface area (Å²) in [7, 11) is 0. The van der Waals surface area contributed by atoms with E-state index in [0.717, 1.165) is 5.69 Å². The Bertz CT molecular complexity index is 634. The van der Waals surface area contributed by atoms with Gasteiger partial charge in [0.25, 0.3) is 5.91 Å². The Balaban J connectivity index is 1.93. The Labute approximate surface area is 115 Å². The van der Waals surface area contributed by atoms with Crippen molar-refractivity contribution < 1.29 is 14.7 Å². The molecule has 1 amide bonds. The lowest BCUT2D eigenvalue weighted by Crippen LogP contribution is -2.26. The van der Waals surface area contributed by atoms with Gasteiger partial charge in [0.2, 0.25) is 0 Å². The Kier molecular flexibility index (Phi) is 4.14. The van der Waals surface area contributed by atoms with Gasteiger partial charge in [0.05, 0.1) is 5.56 Å². The molecule has 0 aliphatic carbocycles. The number of nitrogens with zero attached hydrogens (tertiary/aromatic N) is 1. The van der Waals surface area contributed by atoms with Gasteiger partial charge in [0.1, 0.15) is 5.69 Å². The van der Waals surface area contributed by atoms with Crippen LogP contribution in [0, 0.1) is 6.92 Å². The third kappa shape index (κ3) is 3.23. The molecule has 0 fully saturated rings. The van der Waals surface area contributed by atoms with E-state index in [9.17, 15) is 9.59 Å². The molecule has 0 saturated carbocycles. The number of carboxylic acids is 1. The Morgan fingerprint density at radius 3 is 2.75 bits per heavy atom. The van der Waals surface area contributed by atoms with Crippen LogP contribution in [0.3, 0.4) is 0 Å². The van der Waals surface area contributed by atoms with Crippen LogP contribution in [0.4, 0.5) is 0 Å². The van der Waals surface area contributed by atoms with Gasteiger partial charge in [-0.25, -0.2) is 4.79 Å². The molecule has 20 heavy (non-hydrogen) atoms. The highest BCUT2D eigenvalue weighted by Gasteiger charge is 2.11. The van der Waals surface area contributed by atoms with Crippen molar-refractivity contribution in [2.75, 3.05) is 6.54 Å². The van der Waals surface area contributed by atoms with Gasteiger partial charge in [-0.3, -0.25) is 9.89 Å². The number of amides is 1. The second-order valence-corrected chi connectivity index (χ2v) is 4.40. The highest BCUT2D eigenvalue weighted by atomic mass is 16.4. The summed E-state index contributed by atoms with van der Waals surface area (Å²) in [4.78, 5) is 22.8. The number of benzene rings is 1. The fraction of sp³-hybridized carbons (Fsp3) is 0.214. The van der Waals surface area contributed by atoms with Crippen molar-refractivity contribution in [3.8, 4) is 0 Å². The second-order valence-electron chi connectivity index (χ2n) is 4.40. The molecular weight excluding hydrogens is 258 g/mol. The highest BCUT2D eigenvalue weighted by Crippen LogP contribution is 2.09. The zero-order valence-corrected chi connectivity index (χ0v) is 11.0. The van der Waals surface area contributed by atoms with Crippen molar-refractivity contribution in [2.24, 2.45) is 0 Å². The van der Waals surface area contributed by atoms with Gasteiger partial charge in [-0.2, -0.15) is 5.10 Å². The fourth-order valence-corrected chi connectivity index (χ4v) is 1.88. The predicted molar refractivity (Wildman–Crippen MR) is 72.8 cm³/mol. The summed E-state index contributed by atoms with van der Waals surface area (Å²) in [5.41, 5.74) is 2.09. The summed E-state index contributed by atoms with van der Waals surface area (Å²) < 4.78 is 0. The molecule has 3 N–H and O–H groups in total. The summed E-state index contributed by atoms with van der Waals surface area (Å²) in [6.45, 7) is 2.17. The van der Waals surface area contributed by atoms with Crippen molar-refractivity contribution in [1.82, 2.24) is 15.5 Å². The van der Waals surface area contributed by atoms with Crippen LogP contribution in [0.5, 0.6) is 0 Å². The van der Waals surface area contributed by atoms with Gasteiger partial charge in [-0.05, 0) is 31.0 Å². The average Bonchev–Trinajstić information content (AvgIpc) is 2.86. The number of hydrogen-bond acceptors (Lipinski definition) is 3. The zero-order valence-electron chi connectivity index (χ0n) is 11.0. The quantitative estimate of drug-likeness (QED) is 0.767. The fourth-order valence-electron chi connectivity index (χ4n) is 1.88. The first-order chi connectivity index (χ1) is 9.58. The lowest BCUT2D eigenvalue weighted by molar-refractivity contribution is 0.0695. The number of hydrogen-bond donors (Lipinski definition) is 3. The maximum atomic E-state index is 11.8. The minimum Gasteiger partial charge on any atom is -0.478 e. The first-order valence-electron chi connectivity index (χ1n) is 6.19. The van der Waals surface area contributed by atoms with Crippen molar-refractivity contribution in [3.63, 3.8) is 0 Å². The normalized spacial score (nSPS) is 10.2. The van der Waals surface area contributed by atoms with Crippen molar-refractivity contribution in [2.45, 2.75) is 13.3 Å². The van der Waals surface area contributed by atoms with Crippen molar-refractivity contribution in [3.05, 3.63) is 52.8 Å². The SMILES string of the molecule is Cc1cc(C(=O)NCCc2ccccc2C(=O)O)n[nH]1. The highest BCUT2D eigenvalue weighted by molar-refractivity contribution is 5.92. The number of aryl methyl sites for hydroxylation is 1. The first kappa shape index (κ1) is 13.8. The van der Waals surface area contributed by atoms with E-state index in [1.807, 2.05) is 6.92 Å². The molecule has 0 saturated heterocycles. The summed E-state index contributed by atoms with van der Waals surface area (Å²) in [5.74, 6) is -1.24. The van der Waals surface area contributed by atoms with Crippen LogP contribution >= 0.6 is 0 Å². The molecule has 104 valence electrons. The summed E-state index contributed by atoms with van der Waals surface area (Å²) >= 11 is 0. The molecule has 0 radical (unpaired) electrons. The molecule has 0 bridgehead atoms. The summed E-state index contributed by atoms with van der Waals surface area (Å²) in [5, 5.41) is 18.3. The molecule has 6 heteroatoms. The van der Waals surface area contributed by atoms with Gasteiger partial charge in [-0.15, -0.1) is 0 Å². The van der Waals surface area contributed by atoms with E-state index in [-0.39, 0.29) is 11.5 Å². The molecule has 6 nitrogen and oxygen atoms in total. The largest absolute Gasteiger partial charge is 0.478 e. The van der Waals surface area contributed by atoms with Crippen LogP contribution in [0.1, 0.15) is 32.1 Å². The second kappa shape index (κ2) is 6.01. The third-order valence-corrected chi connectivity index (χ3v) is 2.87. The average molecular weight is 273 g/mol. The van der Waals surface area contributed by atoms with E-state index >= 15 is 0 Å². The van der Waals surface area contributed by atoms with Crippen LogP contribution in [0.25, 0.3) is 0 Å². The molecular formula is C14H15N3O3. The summed E-state index contributed by atoms with van der Waals surface area (Å²) in [6.07, 6.45) is 0.456. The van der Waals surface area contributed by atoms with E-state index in [2.05, 4.69) is 15.5 Å². The minimum absolute atomic E-state index is 0.261. The van der Waals surface area contributed by atoms with Crippen molar-refractivity contribution in [1.29, 1.82) is 0 Å². The lowest BCUT2D eigenvalue weighted by atomic mass is 10.0. The smallest absolute Gasteiger partial charge is 0.335 e. The maximum Gasteiger partial charge on any atom is 0.335 e. The molecule has 2 rings (SSSR count). The lowest BCUT2D eigenvalue weighted by Gasteiger charge is -2.06. The number of nitrogens with one attached hydrogen (secondary N) is 2. The first-order valence-corrected chi connectivity index (χ1v) is 6.19. The van der Waals surface area contributed by atoms with Crippen LogP contribution in [-0.4, -0.2) is 33.7 Å². The third-order valence-electron chi connectivity index (χ3n) is 2.87. The van der Waals surface area contributed by atoms with Crippen LogP contribution in [0.2, 0.25) is 0 Å². The number of carboxylic acid groups (broad SMARTS) is 1. The van der Waals surface area contributed by atoms with Crippen molar-refractivity contribution >= 4 is 11.9 Å². The number of aromatic nitrogens is 2. The number of rotatable bonds is 5. The molecule has 1 aromatic heterocycles. The Hall–Kier alpha value is -2.63. The minimum atomic E-state index is -0.963. The number of H-pyrrole nitrogens is 1. The Morgan fingerprint density at radius 1 is 1.35 bits per heavy atom. The van der Waals surface area contributed by atoms with Gasteiger partial charge in [-0.1, -0.05) is 18.2 Å². The molecule has 0 spiro atoms. The Morgan fingerprint density at radius 2 is 2.10 bits per heavy atom. The van der Waals surface area contributed by atoms with Gasteiger partial charge < -0.3 is 10.4 Å². The van der Waals surface area contributed by atoms with Crippen LogP contribution in [-0.2, 0) is 6.42 Å². The van der Waals surface area contributed by atoms with Crippen LogP contribution < -0.4 is 5.32 Å². The summed E-state index contributed by atoms with van der Waals surface area (Å²) in [6, 6.07) is 8.41. The predicted octanol–water partition coefficient (Wildman–Crippen LogP) is 1.39. The van der Waals surface area contributed by atoms with Gasteiger partial charge >= 0.3 is 5.97 Å². The van der Waals surface area contributed by atoms with E-state index in [4.69, 9.17) is 5.11 Å². The van der Waals surface area contributed by atoms with E-state index in [1.165, 1.54) is 0 Å². The van der Waals surface area contributed by atoms with Crippen LogP contribution in [0.15, 0.2) is 30.3 Å². The molecule has 0 aliphatic heterocycles. The molecule has 1 aromatic carbocycles.